The van der Waals surface area contributed by atoms with Crippen LogP contribution in [0.3, 0.4) is 0 Å². The van der Waals surface area contributed by atoms with Crippen molar-refractivity contribution in [1.82, 2.24) is 19.6 Å². The van der Waals surface area contributed by atoms with Crippen LogP contribution in [0.4, 0.5) is 5.13 Å². The zero-order valence-electron chi connectivity index (χ0n) is 48.5. The molecule has 7 aromatic carbocycles. The number of nitrogens with zero attached hydrogens (tertiary/aromatic N) is 4. The third-order valence-corrected chi connectivity index (χ3v) is 17.1. The monoisotopic (exact) mass is 1260 g/mol. The first-order chi connectivity index (χ1) is 43.9. The van der Waals surface area contributed by atoms with Crippen LogP contribution >= 0.6 is 34.6 Å². The number of β-lactam (4-membered cyclic amide) rings is 1. The normalized spacial score (nSPS) is 15.0. The summed E-state index contributed by atoms with van der Waals surface area (Å²) < 4.78 is 32.8. The van der Waals surface area contributed by atoms with Gasteiger partial charge in [0.15, 0.2) is 28.4 Å². The number of thiazole rings is 1. The van der Waals surface area contributed by atoms with E-state index in [-0.39, 0.29) is 40.8 Å². The van der Waals surface area contributed by atoms with Gasteiger partial charge in [0.1, 0.15) is 40.7 Å². The van der Waals surface area contributed by atoms with Gasteiger partial charge in [-0.15, -0.1) is 23.1 Å². The minimum atomic E-state index is -1.84. The fourth-order valence-corrected chi connectivity index (χ4v) is 12.8. The average Bonchev–Trinajstić information content (AvgIpc) is 0.762. The van der Waals surface area contributed by atoms with E-state index in [9.17, 15) is 19.2 Å². The summed E-state index contributed by atoms with van der Waals surface area (Å²) in [7, 11) is 1.55. The van der Waals surface area contributed by atoms with Crippen molar-refractivity contribution in [2.75, 3.05) is 18.2 Å². The fourth-order valence-electron chi connectivity index (χ4n) is 10.3. The number of carbonyl (C=O) groups is 6. The molecule has 1 unspecified atom stereocenters. The highest BCUT2D eigenvalue weighted by Crippen LogP contribution is 2.44. The molecule has 0 spiro atoms. The number of amides is 2. The van der Waals surface area contributed by atoms with Gasteiger partial charge >= 0.3 is 23.9 Å². The third kappa shape index (κ3) is 13.8. The second-order valence-corrected chi connectivity index (χ2v) is 23.0. The van der Waals surface area contributed by atoms with Crippen molar-refractivity contribution >= 4 is 87.2 Å². The molecule has 2 N–H and O–H groups in total. The lowest BCUT2D eigenvalue weighted by atomic mass is 9.77. The number of hydrogen-bond donors (Lipinski definition) is 2. The number of oxime groups is 1. The van der Waals surface area contributed by atoms with Crippen molar-refractivity contribution in [3.05, 3.63) is 279 Å². The van der Waals surface area contributed by atoms with Crippen molar-refractivity contribution in [2.45, 2.75) is 49.6 Å². The van der Waals surface area contributed by atoms with Crippen LogP contribution in [-0.2, 0) is 55.2 Å². The van der Waals surface area contributed by atoms with Crippen molar-refractivity contribution in [3.63, 3.8) is 0 Å². The lowest BCUT2D eigenvalue weighted by molar-refractivity contribution is -0.162. The smallest absolute Gasteiger partial charge is 0.355 e. The Labute approximate surface area is 530 Å². The Kier molecular flexibility index (Phi) is 19.1. The van der Waals surface area contributed by atoms with Gasteiger partial charge in [0.25, 0.3) is 11.8 Å². The van der Waals surface area contributed by atoms with Gasteiger partial charge in [-0.2, -0.15) is 4.37 Å². The zero-order chi connectivity index (χ0) is 62.6. The average molecular weight is 1260 g/mol. The van der Waals surface area contributed by atoms with E-state index < -0.39 is 70.6 Å². The van der Waals surface area contributed by atoms with Gasteiger partial charge in [0.2, 0.25) is 6.10 Å². The maximum Gasteiger partial charge on any atom is 0.355 e. The minimum Gasteiger partial charge on any atom is -0.497 e. The molecule has 0 bridgehead atoms. The summed E-state index contributed by atoms with van der Waals surface area (Å²) >= 11 is 3.73. The SMILES string of the molecule is COc1ccc(COC(=O)C2=C(C=Cc3ccsn3)CS[C@@H]3[C@H](NC(=O)/C(=N/OC(C(=O)OC(c4ccccc4)c4ccccc4)c4ccc(OC(C)=O)c(OC(C)=O)c4)c4csc(NC(c5ccccc5)(c5ccccc5)c5ccccc5)n4)C(=O)N23)cc1. The molecule has 3 atom stereocenters. The van der Waals surface area contributed by atoms with Gasteiger partial charge in [0.05, 0.1) is 12.8 Å². The molecule has 90 heavy (non-hydrogen) atoms. The van der Waals surface area contributed by atoms with E-state index >= 15 is 9.59 Å². The third-order valence-electron chi connectivity index (χ3n) is 14.5. The Balaban J connectivity index is 0.990. The molecule has 18 nitrogen and oxygen atoms in total. The summed E-state index contributed by atoms with van der Waals surface area (Å²) in [4.78, 5) is 97.1. The Morgan fingerprint density at radius 2 is 1.30 bits per heavy atom. The zero-order valence-corrected chi connectivity index (χ0v) is 50.9. The number of carbonyl (C=O) groups excluding carboxylic acids is 6. The summed E-state index contributed by atoms with van der Waals surface area (Å²) in [5.74, 6) is -4.37. The number of rotatable bonds is 23. The molecule has 0 radical (unpaired) electrons. The number of nitrogens with one attached hydrogen (secondary N) is 2. The number of allylic oxidation sites excluding steroid dienone is 1. The standard InChI is InChI=1S/C69H56N6O12S3/c1-43(76)84-56-36-32-48(39-57(56)85-44(2)77)62(67(81)86-61(46-19-9-4-10-20-46)47-21-11-5-12-22-47)87-73-58(55-42-89-68(70-55)72-69(50-23-13-6-14-24-50,51-25-15-7-16-26-51)52-27-17-8-18-28-52)63(78)71-59-64(79)75-60(66(80)83-40-45-29-34-54(82-3)35-30-45)49(41-88-65(59)75)31-33-53-37-38-90-74-53/h4-39,42,59,61-62,65H,40-41H2,1-3H3,(H,70,72)(H,71,78)/b33-31?,73-58+/t59-,62?,65-/m1/s1. The van der Waals surface area contributed by atoms with Gasteiger partial charge in [-0.3, -0.25) is 24.1 Å². The minimum absolute atomic E-state index is 0.001000. The summed E-state index contributed by atoms with van der Waals surface area (Å²) in [5.41, 5.74) is 4.05. The second kappa shape index (κ2) is 28.1. The van der Waals surface area contributed by atoms with Gasteiger partial charge in [-0.25, -0.2) is 14.6 Å². The molecular formula is C69H56N6O12S3. The van der Waals surface area contributed by atoms with Crippen LogP contribution in [0.5, 0.6) is 17.2 Å². The number of methoxy groups -OCH3 is 1. The molecule has 2 amide bonds. The number of fused-ring (bicyclic) bond motifs is 1. The van der Waals surface area contributed by atoms with E-state index in [0.717, 1.165) is 35.0 Å². The Morgan fingerprint density at radius 3 is 1.87 bits per heavy atom. The summed E-state index contributed by atoms with van der Waals surface area (Å²) in [5, 5.41) is 14.0. The van der Waals surface area contributed by atoms with Gasteiger partial charge in [0, 0.05) is 35.9 Å². The van der Waals surface area contributed by atoms with Gasteiger partial charge in [-0.05, 0) is 86.9 Å². The number of hydrogen-bond acceptors (Lipinski definition) is 19. The predicted octanol–water partition coefficient (Wildman–Crippen LogP) is 11.8. The predicted molar refractivity (Wildman–Crippen MR) is 341 cm³/mol. The summed E-state index contributed by atoms with van der Waals surface area (Å²) in [6.07, 6.45) is 0.624. The maximum absolute atomic E-state index is 15.4. The van der Waals surface area contributed by atoms with Crippen molar-refractivity contribution in [3.8, 4) is 17.2 Å². The largest absolute Gasteiger partial charge is 0.497 e. The molecule has 1 saturated heterocycles. The van der Waals surface area contributed by atoms with Crippen molar-refractivity contribution in [2.24, 2.45) is 5.16 Å². The van der Waals surface area contributed by atoms with Gasteiger partial charge < -0.3 is 39.2 Å². The molecule has 2 aromatic heterocycles. The molecule has 2 aliphatic rings. The molecule has 452 valence electrons. The molecule has 1 fully saturated rings. The molecule has 11 rings (SSSR count). The van der Waals surface area contributed by atoms with Crippen molar-refractivity contribution < 1.29 is 57.3 Å². The van der Waals surface area contributed by atoms with Crippen molar-refractivity contribution in [1.29, 1.82) is 0 Å². The van der Waals surface area contributed by atoms with Crippen LogP contribution in [0.1, 0.15) is 76.4 Å². The first-order valence-electron chi connectivity index (χ1n) is 28.2. The number of thioether (sulfide) groups is 1. The van der Waals surface area contributed by atoms with E-state index in [4.69, 9.17) is 33.5 Å². The lowest BCUT2D eigenvalue weighted by Gasteiger charge is -2.49. The van der Waals surface area contributed by atoms with Gasteiger partial charge in [-0.1, -0.05) is 181 Å². The quantitative estimate of drug-likeness (QED) is 0.0152. The van der Waals surface area contributed by atoms with Crippen LogP contribution in [0.2, 0.25) is 0 Å². The first-order valence-corrected chi connectivity index (χ1v) is 31.0. The Hall–Kier alpha value is -10.5. The van der Waals surface area contributed by atoms with Crippen LogP contribution in [0, 0.1) is 0 Å². The molecule has 0 aliphatic carbocycles. The molecule has 2 aliphatic heterocycles. The number of esters is 4. The van der Waals surface area contributed by atoms with Crippen LogP contribution in [0.15, 0.2) is 233 Å². The Bertz CT molecular complexity index is 4000. The highest BCUT2D eigenvalue weighted by Gasteiger charge is 2.55. The summed E-state index contributed by atoms with van der Waals surface area (Å²) in [6.45, 7) is 2.21. The van der Waals surface area contributed by atoms with Crippen LogP contribution in [-0.4, -0.2) is 79.9 Å². The molecule has 4 heterocycles. The highest BCUT2D eigenvalue weighted by atomic mass is 32.2. The molecule has 0 saturated carbocycles. The van der Waals surface area contributed by atoms with E-state index in [2.05, 4.69) is 20.2 Å². The van der Waals surface area contributed by atoms with Crippen LogP contribution in [0.25, 0.3) is 6.08 Å². The number of anilines is 1. The number of aromatic nitrogens is 2. The maximum atomic E-state index is 15.4. The van der Waals surface area contributed by atoms with E-state index in [0.29, 0.717) is 38.8 Å². The molecule has 9 aromatic rings. The lowest BCUT2D eigenvalue weighted by Crippen LogP contribution is -2.71. The van der Waals surface area contributed by atoms with Crippen LogP contribution < -0.4 is 24.8 Å². The fraction of sp³-hybridized carbons (Fsp3) is 0.145. The summed E-state index contributed by atoms with van der Waals surface area (Å²) in [6, 6.07) is 59.0. The second-order valence-electron chi connectivity index (χ2n) is 20.4. The number of ether oxygens (including phenoxy) is 5. The molecule has 21 heteroatoms. The topological polar surface area (TPSA) is 223 Å². The molecular weight excluding hydrogens is 1200 g/mol. The van der Waals surface area contributed by atoms with E-state index in [1.807, 2.05) is 115 Å². The highest BCUT2D eigenvalue weighted by molar-refractivity contribution is 8.00. The van der Waals surface area contributed by atoms with E-state index in [1.54, 1.807) is 97.4 Å². The van der Waals surface area contributed by atoms with E-state index in [1.165, 1.54) is 53.3 Å². The first kappa shape index (κ1) is 61.2. The number of benzene rings is 7. The Morgan fingerprint density at radius 1 is 0.711 bits per heavy atom.